The van der Waals surface area contributed by atoms with Gasteiger partial charge in [-0.15, -0.1) is 0 Å². The summed E-state index contributed by atoms with van der Waals surface area (Å²) in [6.45, 7) is 7.69. The maximum Gasteiger partial charge on any atom is 0.300 e. The van der Waals surface area contributed by atoms with Crippen molar-refractivity contribution < 1.29 is 19.4 Å². The molecule has 3 aromatic rings. The van der Waals surface area contributed by atoms with E-state index in [1.165, 1.54) is 12.0 Å². The van der Waals surface area contributed by atoms with Crippen LogP contribution in [0.3, 0.4) is 0 Å². The molecule has 0 radical (unpaired) electrons. The number of hydrogen-bond donors (Lipinski definition) is 1. The van der Waals surface area contributed by atoms with Crippen LogP contribution in [-0.4, -0.2) is 23.9 Å². The minimum atomic E-state index is -0.766. The Morgan fingerprint density at radius 2 is 1.48 bits per heavy atom. The predicted octanol–water partition coefficient (Wildman–Crippen LogP) is 5.56. The van der Waals surface area contributed by atoms with Crippen LogP contribution in [0.15, 0.2) is 66.2 Å². The smallest absolute Gasteiger partial charge is 0.300 e. The van der Waals surface area contributed by atoms with Crippen LogP contribution in [0.25, 0.3) is 5.76 Å². The Balaban J connectivity index is 2.02. The van der Waals surface area contributed by atoms with Crippen LogP contribution in [0.1, 0.15) is 39.4 Å². The molecule has 1 aliphatic heterocycles. The van der Waals surface area contributed by atoms with Crippen LogP contribution in [0.5, 0.6) is 5.75 Å². The number of carbonyl (C=O) groups excluding carboxylic acids is 2. The molecule has 0 spiro atoms. The third kappa shape index (κ3) is 3.91. The molecule has 0 aliphatic carbocycles. The Hall–Kier alpha value is -3.86. The van der Waals surface area contributed by atoms with Crippen molar-refractivity contribution in [1.29, 1.82) is 0 Å². The quantitative estimate of drug-likeness (QED) is 0.327. The molecule has 4 rings (SSSR count). The molecular weight excluding hydrogens is 414 g/mol. The molecule has 33 heavy (non-hydrogen) atoms. The molecule has 1 aliphatic rings. The molecule has 0 bridgehead atoms. The maximum atomic E-state index is 13.4. The fraction of sp³-hybridized carbons (Fsp3) is 0.214. The van der Waals surface area contributed by atoms with Gasteiger partial charge in [-0.1, -0.05) is 42.5 Å². The van der Waals surface area contributed by atoms with Crippen molar-refractivity contribution in [3.63, 3.8) is 0 Å². The number of carbonyl (C=O) groups is 2. The second-order valence-electron chi connectivity index (χ2n) is 8.59. The highest BCUT2D eigenvalue weighted by Crippen LogP contribution is 2.44. The third-order valence-electron chi connectivity index (χ3n) is 5.92. The number of benzene rings is 3. The third-order valence-corrected chi connectivity index (χ3v) is 5.92. The summed E-state index contributed by atoms with van der Waals surface area (Å²) in [4.78, 5) is 28.2. The molecule has 1 amide bonds. The number of ether oxygens (including phenoxy) is 1. The first-order valence-corrected chi connectivity index (χ1v) is 10.8. The largest absolute Gasteiger partial charge is 0.507 e. The van der Waals surface area contributed by atoms with E-state index in [0.29, 0.717) is 17.0 Å². The monoisotopic (exact) mass is 441 g/mol. The molecule has 1 unspecified atom stereocenters. The number of amides is 1. The van der Waals surface area contributed by atoms with Crippen LogP contribution >= 0.6 is 0 Å². The lowest BCUT2D eigenvalue weighted by Gasteiger charge is -2.26. The van der Waals surface area contributed by atoms with E-state index >= 15 is 0 Å². The summed E-state index contributed by atoms with van der Waals surface area (Å²) in [6, 6.07) is 18.0. The standard InChI is InChI=1S/C28H27NO4/c1-16-11-17(2)14-21(13-16)29-24(20-9-7-6-8-10-20)23(26(31)28(29)32)25(30)22-15-18(3)12-19(4)27(22)33-5/h6-15,24,30H,1-5H3/b25-23+. The van der Waals surface area contributed by atoms with Crippen molar-refractivity contribution in [2.24, 2.45) is 0 Å². The van der Waals surface area contributed by atoms with Gasteiger partial charge in [0, 0.05) is 5.69 Å². The maximum absolute atomic E-state index is 13.4. The Morgan fingerprint density at radius 1 is 0.879 bits per heavy atom. The highest BCUT2D eigenvalue weighted by molar-refractivity contribution is 6.51. The van der Waals surface area contributed by atoms with Crippen molar-refractivity contribution in [2.45, 2.75) is 33.7 Å². The van der Waals surface area contributed by atoms with Crippen molar-refractivity contribution in [3.8, 4) is 5.75 Å². The molecule has 1 N–H and O–H groups in total. The number of aliphatic hydroxyl groups excluding tert-OH is 1. The Kier molecular flexibility index (Phi) is 5.81. The van der Waals surface area contributed by atoms with Crippen molar-refractivity contribution in [3.05, 3.63) is 99.6 Å². The Bertz CT molecular complexity index is 1270. The highest BCUT2D eigenvalue weighted by atomic mass is 16.5. The highest BCUT2D eigenvalue weighted by Gasteiger charge is 2.47. The number of Topliss-reactive ketones (excluding diaryl/α,β-unsaturated/α-hetero) is 1. The Labute approximate surface area is 193 Å². The summed E-state index contributed by atoms with van der Waals surface area (Å²) in [6.07, 6.45) is 0. The molecule has 1 fully saturated rings. The number of methoxy groups -OCH3 is 1. The SMILES string of the molecule is COc1c(C)cc(C)cc1/C(O)=C1\C(=O)C(=O)N(c2cc(C)cc(C)c2)C1c1ccccc1. The van der Waals surface area contributed by atoms with E-state index in [1.54, 1.807) is 6.07 Å². The summed E-state index contributed by atoms with van der Waals surface area (Å²) in [5, 5.41) is 11.5. The summed E-state index contributed by atoms with van der Waals surface area (Å²) >= 11 is 0. The van der Waals surface area contributed by atoms with Gasteiger partial charge >= 0.3 is 0 Å². The summed E-state index contributed by atoms with van der Waals surface area (Å²) in [5.74, 6) is -1.15. The van der Waals surface area contributed by atoms with E-state index < -0.39 is 17.7 Å². The fourth-order valence-electron chi connectivity index (χ4n) is 4.69. The minimum Gasteiger partial charge on any atom is -0.507 e. The molecule has 1 heterocycles. The van der Waals surface area contributed by atoms with Crippen molar-refractivity contribution in [1.82, 2.24) is 0 Å². The first kappa shape index (κ1) is 22.3. The zero-order valence-electron chi connectivity index (χ0n) is 19.5. The number of rotatable bonds is 4. The summed E-state index contributed by atoms with van der Waals surface area (Å²) in [5.41, 5.74) is 5.51. The molecule has 0 saturated carbocycles. The average Bonchev–Trinajstić information content (AvgIpc) is 3.03. The topological polar surface area (TPSA) is 66.8 Å². The molecule has 1 saturated heterocycles. The zero-order chi connectivity index (χ0) is 23.9. The number of aliphatic hydroxyl groups is 1. The van der Waals surface area contributed by atoms with Gasteiger partial charge in [-0.3, -0.25) is 14.5 Å². The number of anilines is 1. The number of hydrogen-bond acceptors (Lipinski definition) is 4. The van der Waals surface area contributed by atoms with Crippen LogP contribution < -0.4 is 9.64 Å². The van der Waals surface area contributed by atoms with E-state index in [4.69, 9.17) is 4.74 Å². The van der Waals surface area contributed by atoms with Crippen molar-refractivity contribution in [2.75, 3.05) is 12.0 Å². The van der Waals surface area contributed by atoms with E-state index in [1.807, 2.05) is 82.3 Å². The molecular formula is C28H27NO4. The molecule has 5 heteroatoms. The average molecular weight is 442 g/mol. The van der Waals surface area contributed by atoms with E-state index in [9.17, 15) is 14.7 Å². The van der Waals surface area contributed by atoms with Gasteiger partial charge < -0.3 is 9.84 Å². The van der Waals surface area contributed by atoms with Crippen LogP contribution in [0, 0.1) is 27.7 Å². The molecule has 0 aromatic heterocycles. The van der Waals surface area contributed by atoms with E-state index in [-0.39, 0.29) is 11.3 Å². The van der Waals surface area contributed by atoms with Gasteiger partial charge in [0.05, 0.1) is 24.3 Å². The van der Waals surface area contributed by atoms with Gasteiger partial charge in [0.25, 0.3) is 11.7 Å². The van der Waals surface area contributed by atoms with Gasteiger partial charge in [-0.2, -0.15) is 0 Å². The molecule has 168 valence electrons. The predicted molar refractivity (Wildman–Crippen MR) is 130 cm³/mol. The minimum absolute atomic E-state index is 0.0497. The lowest BCUT2D eigenvalue weighted by molar-refractivity contribution is -0.132. The van der Waals surface area contributed by atoms with Crippen LogP contribution in [-0.2, 0) is 9.59 Å². The second-order valence-corrected chi connectivity index (χ2v) is 8.59. The Morgan fingerprint density at radius 3 is 2.09 bits per heavy atom. The molecule has 1 atom stereocenters. The fourth-order valence-corrected chi connectivity index (χ4v) is 4.69. The summed E-state index contributed by atoms with van der Waals surface area (Å²) in [7, 11) is 1.53. The van der Waals surface area contributed by atoms with Crippen molar-refractivity contribution >= 4 is 23.1 Å². The number of aryl methyl sites for hydroxylation is 4. The summed E-state index contributed by atoms with van der Waals surface area (Å²) < 4.78 is 5.55. The lowest BCUT2D eigenvalue weighted by atomic mass is 9.93. The van der Waals surface area contributed by atoms with E-state index in [0.717, 1.165) is 27.8 Å². The van der Waals surface area contributed by atoms with Crippen LogP contribution in [0.2, 0.25) is 0 Å². The van der Waals surface area contributed by atoms with Gasteiger partial charge in [0.15, 0.2) is 0 Å². The first-order valence-electron chi connectivity index (χ1n) is 10.8. The zero-order valence-corrected chi connectivity index (χ0v) is 19.5. The van der Waals surface area contributed by atoms with Gasteiger partial charge in [0.1, 0.15) is 11.5 Å². The molecule has 5 nitrogen and oxygen atoms in total. The number of ketones is 1. The second kappa shape index (κ2) is 8.58. The van der Waals surface area contributed by atoms with Gasteiger partial charge in [-0.05, 0) is 73.7 Å². The van der Waals surface area contributed by atoms with Gasteiger partial charge in [0.2, 0.25) is 0 Å². The lowest BCUT2D eigenvalue weighted by Crippen LogP contribution is -2.29. The van der Waals surface area contributed by atoms with Crippen LogP contribution in [0.4, 0.5) is 5.69 Å². The van der Waals surface area contributed by atoms with Gasteiger partial charge in [-0.25, -0.2) is 0 Å². The normalized spacial score (nSPS) is 17.5. The molecule has 3 aromatic carbocycles. The van der Waals surface area contributed by atoms with E-state index in [2.05, 4.69) is 0 Å². The number of nitrogens with zero attached hydrogens (tertiary/aromatic N) is 1. The first-order chi connectivity index (χ1) is 15.7.